The van der Waals surface area contributed by atoms with E-state index in [4.69, 9.17) is 4.74 Å². The number of unbranched alkanes of at least 4 members (excludes halogenated alkanes) is 12. The molecule has 0 aromatic rings. The third-order valence-corrected chi connectivity index (χ3v) is 5.35. The Labute approximate surface area is 171 Å². The zero-order valence-corrected chi connectivity index (χ0v) is 18.7. The highest BCUT2D eigenvalue weighted by atomic mass is 16.5. The Bertz CT molecular complexity index is 355. The molecule has 0 amide bonds. The van der Waals surface area contributed by atoms with Gasteiger partial charge in [0.25, 0.3) is 0 Å². The van der Waals surface area contributed by atoms with Crippen molar-refractivity contribution in [1.29, 1.82) is 0 Å². The highest BCUT2D eigenvalue weighted by Crippen LogP contribution is 2.20. The van der Waals surface area contributed by atoms with Crippen LogP contribution < -0.4 is 0 Å². The molecule has 0 saturated heterocycles. The van der Waals surface area contributed by atoms with Crippen molar-refractivity contribution < 1.29 is 4.74 Å². The summed E-state index contributed by atoms with van der Waals surface area (Å²) in [5, 5.41) is 0. The van der Waals surface area contributed by atoms with E-state index >= 15 is 0 Å². The highest BCUT2D eigenvalue weighted by Gasteiger charge is 2.10. The number of allylic oxidation sites excluding steroid dienone is 3. The molecule has 1 atom stereocenters. The Kier molecular flexibility index (Phi) is 20.5. The van der Waals surface area contributed by atoms with Crippen LogP contribution in [-0.2, 0) is 4.74 Å². The maximum atomic E-state index is 5.90. The number of hydrogen-bond donors (Lipinski definition) is 0. The standard InChI is InChI=1S/C26H48O/c1-5-8-11-13-15-16-18-20-23-26(22-19-17-14-12-9-6-2)24-27-25(4)21-10-7-3/h7,10,21,26H,3-6,8-9,11-20,22-24H2,1-2H3/b21-10-. The van der Waals surface area contributed by atoms with Crippen molar-refractivity contribution in [2.75, 3.05) is 6.61 Å². The lowest BCUT2D eigenvalue weighted by Gasteiger charge is -2.18. The molecule has 0 rings (SSSR count). The molecule has 0 saturated carbocycles. The summed E-state index contributed by atoms with van der Waals surface area (Å²) in [6.45, 7) is 13.1. The van der Waals surface area contributed by atoms with Crippen LogP contribution in [0.4, 0.5) is 0 Å². The monoisotopic (exact) mass is 376 g/mol. The van der Waals surface area contributed by atoms with Crippen molar-refractivity contribution in [1.82, 2.24) is 0 Å². The number of ether oxygens (including phenoxy) is 1. The summed E-state index contributed by atoms with van der Waals surface area (Å²) in [6.07, 6.45) is 27.6. The molecule has 0 bridgehead atoms. The van der Waals surface area contributed by atoms with Crippen LogP contribution in [0.2, 0.25) is 0 Å². The van der Waals surface area contributed by atoms with Crippen LogP contribution in [0.15, 0.2) is 37.1 Å². The SMILES string of the molecule is C=C/C=C\C(=C)OCC(CCCCCCCC)CCCCCCCCCC. The minimum Gasteiger partial charge on any atom is -0.494 e. The van der Waals surface area contributed by atoms with Gasteiger partial charge in [-0.2, -0.15) is 0 Å². The van der Waals surface area contributed by atoms with Crippen molar-refractivity contribution in [3.05, 3.63) is 37.1 Å². The van der Waals surface area contributed by atoms with Gasteiger partial charge in [0, 0.05) is 0 Å². The molecule has 0 aliphatic heterocycles. The predicted octanol–water partition coefficient (Wildman–Crippen LogP) is 9.16. The predicted molar refractivity (Wildman–Crippen MR) is 123 cm³/mol. The quantitative estimate of drug-likeness (QED) is 0.110. The fraction of sp³-hybridized carbons (Fsp3) is 0.769. The van der Waals surface area contributed by atoms with E-state index in [2.05, 4.69) is 27.0 Å². The second-order valence-electron chi connectivity index (χ2n) is 8.06. The van der Waals surface area contributed by atoms with E-state index in [0.29, 0.717) is 5.92 Å². The van der Waals surface area contributed by atoms with E-state index in [1.54, 1.807) is 6.08 Å². The number of rotatable bonds is 21. The first-order valence-corrected chi connectivity index (χ1v) is 11.8. The Balaban J connectivity index is 3.98. The molecule has 0 radical (unpaired) electrons. The summed E-state index contributed by atoms with van der Waals surface area (Å²) >= 11 is 0. The minimum absolute atomic E-state index is 0.685. The van der Waals surface area contributed by atoms with Crippen molar-refractivity contribution in [3.8, 4) is 0 Å². The van der Waals surface area contributed by atoms with E-state index < -0.39 is 0 Å². The van der Waals surface area contributed by atoms with Crippen molar-refractivity contribution >= 4 is 0 Å². The van der Waals surface area contributed by atoms with Gasteiger partial charge in [0.2, 0.25) is 0 Å². The van der Waals surface area contributed by atoms with Gasteiger partial charge < -0.3 is 4.74 Å². The van der Waals surface area contributed by atoms with Gasteiger partial charge in [-0.15, -0.1) is 0 Å². The molecule has 158 valence electrons. The summed E-state index contributed by atoms with van der Waals surface area (Å²) in [5.41, 5.74) is 0. The molecule has 1 nitrogen and oxygen atoms in total. The smallest absolute Gasteiger partial charge is 0.112 e. The van der Waals surface area contributed by atoms with Gasteiger partial charge in [0.1, 0.15) is 5.76 Å². The Morgan fingerprint density at radius 3 is 1.63 bits per heavy atom. The Hall–Kier alpha value is -0.980. The molecule has 0 N–H and O–H groups in total. The van der Waals surface area contributed by atoms with Crippen molar-refractivity contribution in [2.45, 2.75) is 117 Å². The first kappa shape index (κ1) is 26.0. The maximum absolute atomic E-state index is 5.90. The molecule has 0 heterocycles. The summed E-state index contributed by atoms with van der Waals surface area (Å²) in [5.74, 6) is 1.45. The average Bonchev–Trinajstić information content (AvgIpc) is 2.68. The van der Waals surface area contributed by atoms with Crippen LogP contribution >= 0.6 is 0 Å². The molecule has 0 aliphatic carbocycles. The third-order valence-electron chi connectivity index (χ3n) is 5.35. The van der Waals surface area contributed by atoms with Crippen molar-refractivity contribution in [3.63, 3.8) is 0 Å². The van der Waals surface area contributed by atoms with Crippen LogP contribution in [0.3, 0.4) is 0 Å². The molecule has 1 heteroatoms. The van der Waals surface area contributed by atoms with E-state index in [1.165, 1.54) is 103 Å². The second kappa shape index (κ2) is 21.3. The molecule has 0 aromatic heterocycles. The molecule has 1 unspecified atom stereocenters. The van der Waals surface area contributed by atoms with Crippen LogP contribution in [0.5, 0.6) is 0 Å². The van der Waals surface area contributed by atoms with Crippen LogP contribution in [-0.4, -0.2) is 6.61 Å². The van der Waals surface area contributed by atoms with Gasteiger partial charge in [-0.25, -0.2) is 0 Å². The van der Waals surface area contributed by atoms with E-state index in [0.717, 1.165) is 12.4 Å². The maximum Gasteiger partial charge on any atom is 0.112 e. The van der Waals surface area contributed by atoms with Gasteiger partial charge in [0.05, 0.1) is 6.61 Å². The summed E-state index contributed by atoms with van der Waals surface area (Å²) in [4.78, 5) is 0. The Morgan fingerprint density at radius 1 is 0.741 bits per heavy atom. The van der Waals surface area contributed by atoms with Gasteiger partial charge in [-0.3, -0.25) is 0 Å². The minimum atomic E-state index is 0.685. The lowest BCUT2D eigenvalue weighted by atomic mass is 9.94. The van der Waals surface area contributed by atoms with Crippen LogP contribution in [0.25, 0.3) is 0 Å². The third kappa shape index (κ3) is 19.6. The summed E-state index contributed by atoms with van der Waals surface area (Å²) in [7, 11) is 0. The molecule has 0 aliphatic rings. The van der Waals surface area contributed by atoms with E-state index in [1.807, 2.05) is 12.2 Å². The molecule has 27 heavy (non-hydrogen) atoms. The first-order valence-electron chi connectivity index (χ1n) is 11.8. The molecule has 0 spiro atoms. The highest BCUT2D eigenvalue weighted by molar-refractivity contribution is 5.12. The largest absolute Gasteiger partial charge is 0.494 e. The fourth-order valence-electron chi connectivity index (χ4n) is 3.54. The summed E-state index contributed by atoms with van der Waals surface area (Å²) < 4.78 is 5.90. The lowest BCUT2D eigenvalue weighted by Crippen LogP contribution is -2.09. The van der Waals surface area contributed by atoms with Gasteiger partial charge in [-0.05, 0) is 24.8 Å². The average molecular weight is 377 g/mol. The topological polar surface area (TPSA) is 9.23 Å². The zero-order chi connectivity index (χ0) is 20.0. The van der Waals surface area contributed by atoms with Crippen LogP contribution in [0, 0.1) is 5.92 Å². The summed E-state index contributed by atoms with van der Waals surface area (Å²) in [6, 6.07) is 0. The molecule has 0 fully saturated rings. The Morgan fingerprint density at radius 2 is 1.19 bits per heavy atom. The van der Waals surface area contributed by atoms with E-state index in [9.17, 15) is 0 Å². The van der Waals surface area contributed by atoms with Gasteiger partial charge in [0.15, 0.2) is 0 Å². The lowest BCUT2D eigenvalue weighted by molar-refractivity contribution is 0.160. The fourth-order valence-corrected chi connectivity index (χ4v) is 3.54. The second-order valence-corrected chi connectivity index (χ2v) is 8.06. The molecular formula is C26H48O. The van der Waals surface area contributed by atoms with Gasteiger partial charge >= 0.3 is 0 Å². The molecular weight excluding hydrogens is 328 g/mol. The van der Waals surface area contributed by atoms with E-state index in [-0.39, 0.29) is 0 Å². The molecule has 0 aromatic carbocycles. The van der Waals surface area contributed by atoms with Crippen molar-refractivity contribution in [2.24, 2.45) is 5.92 Å². The number of hydrogen-bond acceptors (Lipinski definition) is 1. The van der Waals surface area contributed by atoms with Crippen LogP contribution in [0.1, 0.15) is 117 Å². The first-order chi connectivity index (χ1) is 13.2. The van der Waals surface area contributed by atoms with Gasteiger partial charge in [-0.1, -0.05) is 129 Å². The normalized spacial score (nSPS) is 12.4. The zero-order valence-electron chi connectivity index (χ0n) is 18.7.